The second kappa shape index (κ2) is 11.6. The van der Waals surface area contributed by atoms with E-state index < -0.39 is 48.2 Å². The molecule has 0 saturated carbocycles. The maximum absolute atomic E-state index is 13.9. The van der Waals surface area contributed by atoms with Crippen molar-refractivity contribution in [2.24, 2.45) is 11.8 Å². The maximum Gasteiger partial charge on any atom is 0.430 e. The predicted molar refractivity (Wildman–Crippen MR) is 148 cm³/mol. The van der Waals surface area contributed by atoms with E-state index in [9.17, 15) is 36.6 Å². The Morgan fingerprint density at radius 1 is 0.881 bits per heavy atom. The molecule has 3 saturated heterocycles. The average molecular weight is 614 g/mol. The highest BCUT2D eigenvalue weighted by molar-refractivity contribution is 6.34. The number of carbonyl (C=O) groups is 2. The summed E-state index contributed by atoms with van der Waals surface area (Å²) in [4.78, 5) is 29.8. The van der Waals surface area contributed by atoms with Gasteiger partial charge in [-0.05, 0) is 62.1 Å². The van der Waals surface area contributed by atoms with E-state index in [1.807, 2.05) is 0 Å². The molecule has 1 unspecified atom stereocenters. The van der Waals surface area contributed by atoms with Crippen LogP contribution < -0.4 is 4.90 Å². The number of rotatable bonds is 6. The number of likely N-dealkylation sites (tertiary alicyclic amines) is 2. The van der Waals surface area contributed by atoms with Crippen molar-refractivity contribution in [3.8, 4) is 0 Å². The largest absolute Gasteiger partial charge is 0.430 e. The first-order chi connectivity index (χ1) is 19.8. The lowest BCUT2D eigenvalue weighted by atomic mass is 9.82. The number of halogens is 6. The number of hydrogen-bond donors (Lipinski definition) is 1. The summed E-state index contributed by atoms with van der Waals surface area (Å²) in [6.07, 6.45) is -1.29. The van der Waals surface area contributed by atoms with E-state index in [4.69, 9.17) is 11.6 Å². The van der Waals surface area contributed by atoms with E-state index in [0.29, 0.717) is 18.8 Å². The SMILES string of the molecule is O=C(c1ccc(N2CCC(CC3CCN(C(=O)C(O)(c4ccccc4)C(F)(F)F)CC3)CC2)cc1Cl)N1CC(F)(F)C1. The third-order valence-corrected chi connectivity index (χ3v) is 9.09. The van der Waals surface area contributed by atoms with Gasteiger partial charge in [0.2, 0.25) is 0 Å². The molecule has 0 aromatic heterocycles. The Labute approximate surface area is 246 Å². The summed E-state index contributed by atoms with van der Waals surface area (Å²) in [6, 6.07) is 11.5. The van der Waals surface area contributed by atoms with Crippen molar-refractivity contribution in [1.82, 2.24) is 9.80 Å². The number of aliphatic hydroxyl groups is 1. The van der Waals surface area contributed by atoms with Gasteiger partial charge in [0, 0.05) is 37.4 Å². The summed E-state index contributed by atoms with van der Waals surface area (Å²) in [5.41, 5.74) is -3.01. The minimum atomic E-state index is -5.15. The monoisotopic (exact) mass is 613 g/mol. The number of hydrogen-bond acceptors (Lipinski definition) is 4. The molecule has 3 aliphatic rings. The Morgan fingerprint density at radius 3 is 1.98 bits per heavy atom. The normalized spacial score (nSPS) is 21.5. The van der Waals surface area contributed by atoms with Crippen LogP contribution in [0.1, 0.15) is 48.0 Å². The van der Waals surface area contributed by atoms with Crippen molar-refractivity contribution in [1.29, 1.82) is 0 Å². The quantitative estimate of drug-likeness (QED) is 0.423. The second-order valence-corrected chi connectivity index (χ2v) is 12.1. The van der Waals surface area contributed by atoms with Crippen molar-refractivity contribution in [2.45, 2.75) is 49.8 Å². The van der Waals surface area contributed by atoms with Crippen LogP contribution in [0.4, 0.5) is 27.6 Å². The number of amides is 2. The van der Waals surface area contributed by atoms with Crippen LogP contribution in [0.3, 0.4) is 0 Å². The molecule has 2 amide bonds. The highest BCUT2D eigenvalue weighted by atomic mass is 35.5. The van der Waals surface area contributed by atoms with Crippen LogP contribution >= 0.6 is 11.6 Å². The third-order valence-electron chi connectivity index (χ3n) is 8.77. The number of anilines is 1. The van der Waals surface area contributed by atoms with Gasteiger partial charge < -0.3 is 19.8 Å². The van der Waals surface area contributed by atoms with Gasteiger partial charge in [-0.2, -0.15) is 13.2 Å². The molecule has 0 bridgehead atoms. The van der Waals surface area contributed by atoms with Gasteiger partial charge in [0.15, 0.2) is 0 Å². The van der Waals surface area contributed by atoms with Gasteiger partial charge in [-0.15, -0.1) is 0 Å². The molecule has 228 valence electrons. The molecule has 12 heteroatoms. The van der Waals surface area contributed by atoms with Crippen LogP contribution in [-0.4, -0.2) is 78.1 Å². The molecule has 5 rings (SSSR count). The Bertz CT molecular complexity index is 1290. The summed E-state index contributed by atoms with van der Waals surface area (Å²) >= 11 is 6.35. The van der Waals surface area contributed by atoms with Crippen LogP contribution in [0.15, 0.2) is 48.5 Å². The van der Waals surface area contributed by atoms with Crippen molar-refractivity contribution in [2.75, 3.05) is 44.2 Å². The van der Waals surface area contributed by atoms with Gasteiger partial charge in [0.05, 0.1) is 23.7 Å². The summed E-state index contributed by atoms with van der Waals surface area (Å²) in [7, 11) is 0. The van der Waals surface area contributed by atoms with Crippen LogP contribution in [0.5, 0.6) is 0 Å². The number of piperidine rings is 2. The molecule has 0 aliphatic carbocycles. The van der Waals surface area contributed by atoms with Gasteiger partial charge in [0.1, 0.15) is 0 Å². The van der Waals surface area contributed by atoms with Gasteiger partial charge in [-0.25, -0.2) is 8.78 Å². The molecular formula is C30H33ClF5N3O3. The predicted octanol–water partition coefficient (Wildman–Crippen LogP) is 5.73. The molecule has 6 nitrogen and oxygen atoms in total. The summed E-state index contributed by atoms with van der Waals surface area (Å²) < 4.78 is 68.1. The van der Waals surface area contributed by atoms with Crippen LogP contribution in [0.2, 0.25) is 5.02 Å². The second-order valence-electron chi connectivity index (χ2n) is 11.7. The Balaban J connectivity index is 1.11. The molecule has 0 spiro atoms. The first-order valence-electron chi connectivity index (χ1n) is 14.1. The minimum Gasteiger partial charge on any atom is -0.371 e. The van der Waals surface area contributed by atoms with E-state index in [1.165, 1.54) is 18.2 Å². The maximum atomic E-state index is 13.9. The first kappa shape index (κ1) is 30.5. The Hall–Kier alpha value is -2.92. The lowest BCUT2D eigenvalue weighted by Crippen LogP contribution is -2.58. The molecule has 3 fully saturated rings. The van der Waals surface area contributed by atoms with Gasteiger partial charge in [-0.3, -0.25) is 9.59 Å². The highest BCUT2D eigenvalue weighted by Gasteiger charge is 2.62. The zero-order valence-electron chi connectivity index (χ0n) is 22.9. The zero-order valence-corrected chi connectivity index (χ0v) is 23.7. The van der Waals surface area contributed by atoms with E-state index in [1.54, 1.807) is 18.2 Å². The molecule has 42 heavy (non-hydrogen) atoms. The topological polar surface area (TPSA) is 64.1 Å². The summed E-state index contributed by atoms with van der Waals surface area (Å²) in [5.74, 6) is -3.99. The lowest BCUT2D eigenvalue weighted by molar-refractivity contribution is -0.262. The summed E-state index contributed by atoms with van der Waals surface area (Å²) in [6.45, 7) is 0.643. The van der Waals surface area contributed by atoms with Gasteiger partial charge in [-0.1, -0.05) is 41.9 Å². The molecule has 2 aromatic carbocycles. The number of benzene rings is 2. The fourth-order valence-electron chi connectivity index (χ4n) is 6.29. The van der Waals surface area contributed by atoms with E-state index in [-0.39, 0.29) is 29.6 Å². The van der Waals surface area contributed by atoms with Crippen molar-refractivity contribution >= 4 is 29.1 Å². The van der Waals surface area contributed by atoms with E-state index >= 15 is 0 Å². The van der Waals surface area contributed by atoms with Gasteiger partial charge in [0.25, 0.3) is 23.3 Å². The van der Waals surface area contributed by atoms with Crippen molar-refractivity contribution in [3.63, 3.8) is 0 Å². The molecule has 1 atom stereocenters. The molecule has 3 aliphatic heterocycles. The standard InChI is InChI=1S/C30H33ClF5N3O3/c31-25-17-23(6-7-24(25)26(40)39-18-28(32,33)19-39)37-12-8-20(9-13-37)16-21-10-14-38(15-11-21)27(41)29(42,30(34,35)36)22-4-2-1-3-5-22/h1-7,17,20-21,42H,8-16,18-19H2. The number of carbonyl (C=O) groups excluding carboxylic acids is 2. The third kappa shape index (κ3) is 6.08. The Morgan fingerprint density at radius 2 is 1.45 bits per heavy atom. The van der Waals surface area contributed by atoms with Gasteiger partial charge >= 0.3 is 6.18 Å². The van der Waals surface area contributed by atoms with Crippen LogP contribution in [0.25, 0.3) is 0 Å². The molecule has 0 radical (unpaired) electrons. The Kier molecular flexibility index (Phi) is 8.46. The van der Waals surface area contributed by atoms with Crippen molar-refractivity contribution < 1.29 is 36.6 Å². The molecule has 3 heterocycles. The highest BCUT2D eigenvalue weighted by Crippen LogP contribution is 2.42. The first-order valence-corrected chi connectivity index (χ1v) is 14.5. The zero-order chi connectivity index (χ0) is 30.3. The molecule has 2 aromatic rings. The minimum absolute atomic E-state index is 0.159. The van der Waals surface area contributed by atoms with Crippen LogP contribution in [-0.2, 0) is 10.4 Å². The fraction of sp³-hybridized carbons (Fsp3) is 0.533. The van der Waals surface area contributed by atoms with E-state index in [2.05, 4.69) is 4.90 Å². The fourth-order valence-corrected chi connectivity index (χ4v) is 6.54. The smallest absolute Gasteiger partial charge is 0.371 e. The summed E-state index contributed by atoms with van der Waals surface area (Å²) in [5, 5.41) is 10.8. The molecule has 1 N–H and O–H groups in total. The van der Waals surface area contributed by atoms with Crippen LogP contribution in [0, 0.1) is 11.8 Å². The lowest BCUT2D eigenvalue weighted by Gasteiger charge is -2.40. The molecular weight excluding hydrogens is 581 g/mol. The average Bonchev–Trinajstić information content (AvgIpc) is 2.95. The number of alkyl halides is 5. The number of nitrogens with zero attached hydrogens (tertiary/aromatic N) is 3. The van der Waals surface area contributed by atoms with E-state index in [0.717, 1.165) is 60.0 Å². The van der Waals surface area contributed by atoms with Crippen molar-refractivity contribution in [3.05, 3.63) is 64.7 Å².